The van der Waals surface area contributed by atoms with Gasteiger partial charge in [-0.15, -0.1) is 35.1 Å². The standard InChI is InChI=1S/C17H22FNO4S.C14H15FO4S.C4H11N.ClH.S24.S23/c1-10(2)19(21)17(20)6-5-12(18)16-8-11-7-13(22-3)14(23-4)9-15(11)24-16;1-18-10-5-8-6-13(9(15)3-4-14(16)17)20-12(8)7-11(10)19-2;1-4(2)5-3;;1-3-5-7-9-11-13-15-17-19-21-23-24-22-20-18-16-14-12-10-8-6-4-2;1-3-5-7-9-11-13-15-17-19-21-23-22-20-18-16-14-12-10-8-6-4-2/h7-10,12,21H,5-6H2,1-4H3;5-7,9H,3-4H2,1-2H3,(H,16,17);4-5H,1-3H3;1H;;. The van der Waals surface area contributed by atoms with Gasteiger partial charge in [-0.2, -0.15) is 0 Å². The van der Waals surface area contributed by atoms with Crippen LogP contribution in [0, 0.1) is 0 Å². The molecule has 2 aromatic heterocycles. The molecular formula is C35H49ClF2N2O8S49. The smallest absolute Gasteiger partial charge is 0.303 e. The van der Waals surface area contributed by atoms with Gasteiger partial charge in [0, 0.05) is 477 Å². The number of fused-ring (bicyclic) bond motifs is 2. The summed E-state index contributed by atoms with van der Waals surface area (Å²) in [5.41, 5.74) is 0. The number of hydrogen-bond donors (Lipinski definition) is 3. The van der Waals surface area contributed by atoms with E-state index in [4.69, 9.17) is 68.8 Å². The van der Waals surface area contributed by atoms with Gasteiger partial charge in [0.05, 0.1) is 34.5 Å². The summed E-state index contributed by atoms with van der Waals surface area (Å²) in [6.07, 6.45) is -2.73. The summed E-state index contributed by atoms with van der Waals surface area (Å²) in [6.45, 7) is 7.61. The third-order valence-corrected chi connectivity index (χ3v) is 102. The molecule has 562 valence electrons. The highest BCUT2D eigenvalue weighted by atomic mass is 35.5. The molecule has 97 heavy (non-hydrogen) atoms. The Labute approximate surface area is 719 Å². The number of carbonyl (C=O) groups is 2. The van der Waals surface area contributed by atoms with Gasteiger partial charge in [-0.05, 0) is 68.8 Å². The minimum Gasteiger partial charge on any atom is -0.493 e. The number of nitrogens with one attached hydrogen (secondary N) is 1. The van der Waals surface area contributed by atoms with Crippen molar-refractivity contribution >= 4 is 494 Å². The summed E-state index contributed by atoms with van der Waals surface area (Å²) in [5.74, 6) is 0.901. The zero-order chi connectivity index (χ0) is 71.2. The zero-order valence-electron chi connectivity index (χ0n) is 49.1. The fourth-order valence-electron chi connectivity index (χ4n) is 4.71. The first-order chi connectivity index (χ1) is 46.5. The molecule has 3 N–H and O–H groups in total. The second kappa shape index (κ2) is 76.9. The number of benzene rings is 2. The van der Waals surface area contributed by atoms with Crippen LogP contribution in [0.25, 0.3) is 20.2 Å². The molecule has 62 heteroatoms. The number of hydroxylamine groups is 2. The Morgan fingerprint density at radius 2 is 0.649 bits per heavy atom. The van der Waals surface area contributed by atoms with E-state index >= 15 is 0 Å². The van der Waals surface area contributed by atoms with Crippen LogP contribution in [0.15, 0.2) is 36.4 Å². The van der Waals surface area contributed by atoms with Crippen molar-refractivity contribution in [3.05, 3.63) is 46.2 Å². The van der Waals surface area contributed by atoms with Crippen LogP contribution in [0.3, 0.4) is 0 Å². The van der Waals surface area contributed by atoms with E-state index in [1.165, 1.54) is 58.2 Å². The molecule has 2 unspecified atom stereocenters. The van der Waals surface area contributed by atoms with E-state index in [-0.39, 0.29) is 44.1 Å². The van der Waals surface area contributed by atoms with E-state index in [9.17, 15) is 23.6 Å². The van der Waals surface area contributed by atoms with E-state index in [2.05, 4.69) is 19.2 Å². The van der Waals surface area contributed by atoms with Crippen molar-refractivity contribution in [3.8, 4) is 23.0 Å². The molecule has 4 aromatic rings. The van der Waals surface area contributed by atoms with Gasteiger partial charge in [-0.25, -0.2) is 13.8 Å². The van der Waals surface area contributed by atoms with Crippen molar-refractivity contribution in [2.24, 2.45) is 0 Å². The number of carboxylic acids is 1. The van der Waals surface area contributed by atoms with E-state index in [0.717, 1.165) is 20.2 Å². The number of nitrogens with zero attached hydrogens (tertiary/aromatic N) is 1. The van der Waals surface area contributed by atoms with Gasteiger partial charge in [0.2, 0.25) is 5.91 Å². The molecule has 0 bridgehead atoms. The maximum absolute atomic E-state index is 14.5. The Kier molecular flexibility index (Phi) is 84.0. The molecule has 1 amide bonds. The number of ether oxygens (including phenoxy) is 4. The van der Waals surface area contributed by atoms with Crippen molar-refractivity contribution < 1.29 is 47.6 Å². The number of halogens is 3. The molecule has 4 rings (SSSR count). The lowest BCUT2D eigenvalue weighted by Crippen LogP contribution is -2.33. The van der Waals surface area contributed by atoms with E-state index in [1.807, 2.05) is 75.3 Å². The van der Waals surface area contributed by atoms with Crippen molar-refractivity contribution in [3.63, 3.8) is 0 Å². The highest BCUT2D eigenvalue weighted by molar-refractivity contribution is 8.81. The first-order valence-electron chi connectivity index (χ1n) is 23.2. The van der Waals surface area contributed by atoms with Crippen LogP contribution in [0.2, 0.25) is 0 Å². The second-order valence-electron chi connectivity index (χ2n) is 14.4. The Hall–Kier alpha value is 6.91. The molecule has 0 saturated carbocycles. The van der Waals surface area contributed by atoms with Crippen molar-refractivity contribution in [2.75, 3.05) is 35.5 Å². The minimum absolute atomic E-state index is 0. The highest BCUT2D eigenvalue weighted by Gasteiger charge is 2.21. The molecule has 0 aliphatic rings. The first-order valence-corrected chi connectivity index (χ1v) is 84.8. The first kappa shape index (κ1) is 106. The molecule has 0 aliphatic carbocycles. The van der Waals surface area contributed by atoms with Crippen molar-refractivity contribution in [1.82, 2.24) is 10.4 Å². The van der Waals surface area contributed by atoms with Crippen LogP contribution in [-0.2, 0) is 436 Å². The predicted molar refractivity (Wildman–Crippen MR) is 545 cm³/mol. The van der Waals surface area contributed by atoms with Gasteiger partial charge >= 0.3 is 5.97 Å². The van der Waals surface area contributed by atoms with Gasteiger partial charge in [0.25, 0.3) is 0 Å². The number of hydrogen-bond acceptors (Lipinski definition) is 14. The fraction of sp³-hybridized carbons (Fsp3) is 0.486. The SMILES string of the molecule is CNC(C)C.COc1cc2cc(C(F)CCC(=O)N(O)C(C)C)sc2cc1OC.COc1cc2cc(C(F)CCC(=O)O)sc2cc1OC.Cl.S=S=S=S=S=S=S=S=S=S=S=S=S=S=S=S=S=S=S=S=S=S=S.S=S=S=S=S=S=S=S=S=S=S=S=S=S=S=S=S=S=S=S=S=S=S=S. The van der Waals surface area contributed by atoms with Crippen LogP contribution >= 0.6 is 35.1 Å². The number of carboxylic acid groups (broad SMARTS) is 1. The Bertz CT molecular complexity index is 5100. The molecule has 2 atom stereocenters. The van der Waals surface area contributed by atoms with Gasteiger partial charge < -0.3 is 29.4 Å². The van der Waals surface area contributed by atoms with Gasteiger partial charge in [0.1, 0.15) is 12.3 Å². The van der Waals surface area contributed by atoms with Crippen molar-refractivity contribution in [1.29, 1.82) is 0 Å². The summed E-state index contributed by atoms with van der Waals surface area (Å²) in [5, 5.41) is 23.5. The summed E-state index contributed by atoms with van der Waals surface area (Å²) in [6, 6.07) is 11.0. The average molecular weight is 2270 g/mol. The van der Waals surface area contributed by atoms with Crippen LogP contribution in [-0.4, -0.2) is 74.8 Å². The summed E-state index contributed by atoms with van der Waals surface area (Å²) in [7, 11) is 82.6. The van der Waals surface area contributed by atoms with Gasteiger partial charge in [0.15, 0.2) is 23.0 Å². The third-order valence-electron chi connectivity index (χ3n) is 8.38. The minimum atomic E-state index is -1.26. The summed E-state index contributed by atoms with van der Waals surface area (Å²) < 4.78 is 51.1. The topological polar surface area (TPSA) is 127 Å². The number of thiophene rings is 2. The number of aliphatic carboxylic acids is 1. The lowest BCUT2D eigenvalue weighted by molar-refractivity contribution is -0.173. The number of amides is 1. The molecule has 0 spiro atoms. The van der Waals surface area contributed by atoms with Gasteiger partial charge in [-0.1, -0.05) is 13.8 Å². The molecule has 0 saturated heterocycles. The zero-order valence-corrected chi connectivity index (χ0v) is 89.9. The second-order valence-corrected chi connectivity index (χ2v) is 92.7. The van der Waals surface area contributed by atoms with E-state index < -0.39 is 24.2 Å². The molecule has 0 radical (unpaired) electrons. The fourth-order valence-corrected chi connectivity index (χ4v) is 114. The van der Waals surface area contributed by atoms with E-state index in [1.54, 1.807) is 357 Å². The Balaban J connectivity index is 0. The quantitative estimate of drug-likeness (QED) is 0.0822. The van der Waals surface area contributed by atoms with Crippen LogP contribution in [0.5, 0.6) is 23.0 Å². The molecule has 0 aliphatic heterocycles. The van der Waals surface area contributed by atoms with Crippen LogP contribution in [0.4, 0.5) is 8.78 Å². The van der Waals surface area contributed by atoms with Gasteiger partial charge in [-0.3, -0.25) is 14.8 Å². The Morgan fingerprint density at radius 3 is 0.845 bits per heavy atom. The lowest BCUT2D eigenvalue weighted by atomic mass is 10.1. The largest absolute Gasteiger partial charge is 0.493 e. The predicted octanol–water partition coefficient (Wildman–Crippen LogP) is 9.05. The average Bonchev–Trinajstić information content (AvgIpc) is 1.85. The van der Waals surface area contributed by atoms with E-state index in [0.29, 0.717) is 43.9 Å². The molecule has 0 fully saturated rings. The maximum atomic E-state index is 14.5. The maximum Gasteiger partial charge on any atom is 0.303 e. The third kappa shape index (κ3) is 60.2. The number of alkyl halides is 2. The molecule has 2 aromatic carbocycles. The summed E-state index contributed by atoms with van der Waals surface area (Å²) >= 11 is 21.7. The number of carbonyl (C=O) groups excluding carboxylic acids is 1. The molecule has 2 heterocycles. The number of methoxy groups -OCH3 is 4. The molecule has 10 nitrogen and oxygen atoms in total. The van der Waals surface area contributed by atoms with Crippen molar-refractivity contribution in [2.45, 2.75) is 77.8 Å². The van der Waals surface area contributed by atoms with Crippen LogP contribution in [0.1, 0.15) is 75.5 Å². The normalized spacial score (nSPS) is 9.75. The summed E-state index contributed by atoms with van der Waals surface area (Å²) in [4.78, 5) is 23.3. The Morgan fingerprint density at radius 1 is 0.433 bits per heavy atom. The number of rotatable bonds is 14. The lowest BCUT2D eigenvalue weighted by Gasteiger charge is -2.19. The highest BCUT2D eigenvalue weighted by Crippen LogP contribution is 2.41. The monoisotopic (exact) mass is 2260 g/mol. The molecular weight excluding hydrogens is 2220 g/mol. The van der Waals surface area contributed by atoms with Crippen LogP contribution < -0.4 is 24.3 Å².